The van der Waals surface area contributed by atoms with Crippen LogP contribution in [0, 0.1) is 0 Å². The van der Waals surface area contributed by atoms with Crippen LogP contribution in [0.1, 0.15) is 18.9 Å². The van der Waals surface area contributed by atoms with Crippen molar-refractivity contribution in [1.29, 1.82) is 0 Å². The first-order chi connectivity index (χ1) is 13.6. The van der Waals surface area contributed by atoms with E-state index in [2.05, 4.69) is 32.2 Å². The fraction of sp³-hybridized carbons (Fsp3) is 0.263. The van der Waals surface area contributed by atoms with E-state index in [1.807, 2.05) is 41.3 Å². The largest absolute Gasteiger partial charge is 0.497 e. The second-order valence-corrected chi connectivity index (χ2v) is 7.11. The highest BCUT2D eigenvalue weighted by atomic mass is 35.5. The van der Waals surface area contributed by atoms with Crippen LogP contribution in [0.2, 0.25) is 10.3 Å². The summed E-state index contributed by atoms with van der Waals surface area (Å²) in [5, 5.41) is 17.5. The molecular formula is C19H18Cl2N6O. The SMILES string of the molecule is CCCN1c2cc(Cl)nnc2N(Cc2ccc(OC)cc2)c2nnc(Cl)cc21. The minimum Gasteiger partial charge on any atom is -0.497 e. The molecule has 1 aromatic carbocycles. The van der Waals surface area contributed by atoms with Crippen LogP contribution in [0.4, 0.5) is 23.0 Å². The molecule has 0 radical (unpaired) electrons. The number of halogens is 2. The first-order valence-corrected chi connectivity index (χ1v) is 9.60. The number of hydrogen-bond donors (Lipinski definition) is 0. The maximum Gasteiger partial charge on any atom is 0.181 e. The van der Waals surface area contributed by atoms with Crippen LogP contribution in [-0.4, -0.2) is 34.0 Å². The van der Waals surface area contributed by atoms with Gasteiger partial charge in [-0.2, -0.15) is 0 Å². The van der Waals surface area contributed by atoms with Crippen LogP contribution in [0.5, 0.6) is 5.75 Å². The minimum atomic E-state index is 0.334. The summed E-state index contributed by atoms with van der Waals surface area (Å²) in [6.45, 7) is 3.41. The Morgan fingerprint density at radius 3 is 1.93 bits per heavy atom. The Morgan fingerprint density at radius 2 is 1.43 bits per heavy atom. The van der Waals surface area contributed by atoms with Gasteiger partial charge in [0, 0.05) is 18.7 Å². The highest BCUT2D eigenvalue weighted by Crippen LogP contribution is 2.47. The summed E-state index contributed by atoms with van der Waals surface area (Å²) >= 11 is 12.3. The van der Waals surface area contributed by atoms with Gasteiger partial charge < -0.3 is 14.5 Å². The number of benzene rings is 1. The molecule has 0 fully saturated rings. The van der Waals surface area contributed by atoms with Gasteiger partial charge in [0.25, 0.3) is 0 Å². The van der Waals surface area contributed by atoms with Crippen LogP contribution in [0.15, 0.2) is 36.4 Å². The molecule has 144 valence electrons. The lowest BCUT2D eigenvalue weighted by molar-refractivity contribution is 0.414. The number of rotatable bonds is 5. The lowest BCUT2D eigenvalue weighted by Crippen LogP contribution is -2.32. The highest BCUT2D eigenvalue weighted by Gasteiger charge is 2.32. The lowest BCUT2D eigenvalue weighted by Gasteiger charge is -2.37. The first kappa shape index (κ1) is 18.7. The smallest absolute Gasteiger partial charge is 0.181 e. The zero-order valence-electron chi connectivity index (χ0n) is 15.4. The van der Waals surface area contributed by atoms with Crippen molar-refractivity contribution in [2.24, 2.45) is 0 Å². The van der Waals surface area contributed by atoms with E-state index in [0.29, 0.717) is 28.5 Å². The van der Waals surface area contributed by atoms with Crippen LogP contribution in [0.25, 0.3) is 0 Å². The average molecular weight is 417 g/mol. The molecule has 1 aliphatic rings. The molecule has 0 N–H and O–H groups in total. The molecule has 0 saturated carbocycles. The van der Waals surface area contributed by atoms with E-state index in [0.717, 1.165) is 35.7 Å². The monoisotopic (exact) mass is 416 g/mol. The molecule has 28 heavy (non-hydrogen) atoms. The van der Waals surface area contributed by atoms with E-state index in [1.165, 1.54) is 0 Å². The molecule has 1 aliphatic heterocycles. The summed E-state index contributed by atoms with van der Waals surface area (Å²) < 4.78 is 5.24. The number of ether oxygens (including phenoxy) is 1. The van der Waals surface area contributed by atoms with E-state index in [4.69, 9.17) is 27.9 Å². The number of aromatic nitrogens is 4. The molecular weight excluding hydrogens is 399 g/mol. The third kappa shape index (κ3) is 3.43. The van der Waals surface area contributed by atoms with Crippen molar-refractivity contribution in [3.05, 3.63) is 52.3 Å². The Kier molecular flexibility index (Phi) is 5.19. The lowest BCUT2D eigenvalue weighted by atomic mass is 10.1. The Bertz CT molecular complexity index is 945. The molecule has 0 saturated heterocycles. The van der Waals surface area contributed by atoms with Gasteiger partial charge in [-0.1, -0.05) is 42.3 Å². The predicted molar refractivity (Wildman–Crippen MR) is 110 cm³/mol. The summed E-state index contributed by atoms with van der Waals surface area (Å²) in [5.74, 6) is 2.16. The fourth-order valence-corrected chi connectivity index (χ4v) is 3.53. The van der Waals surface area contributed by atoms with E-state index in [1.54, 1.807) is 7.11 Å². The predicted octanol–water partition coefficient (Wildman–Crippen LogP) is 4.78. The molecule has 0 spiro atoms. The van der Waals surface area contributed by atoms with Gasteiger partial charge in [0.1, 0.15) is 5.75 Å². The molecule has 2 aromatic heterocycles. The molecule has 0 aliphatic carbocycles. The van der Waals surface area contributed by atoms with Gasteiger partial charge in [-0.05, 0) is 24.1 Å². The van der Waals surface area contributed by atoms with Crippen molar-refractivity contribution in [2.45, 2.75) is 19.9 Å². The molecule has 0 bridgehead atoms. The van der Waals surface area contributed by atoms with Crippen LogP contribution in [0.3, 0.4) is 0 Å². The zero-order chi connectivity index (χ0) is 19.7. The van der Waals surface area contributed by atoms with Gasteiger partial charge >= 0.3 is 0 Å². The minimum absolute atomic E-state index is 0.334. The summed E-state index contributed by atoms with van der Waals surface area (Å²) in [6, 6.07) is 11.5. The number of methoxy groups -OCH3 is 1. The van der Waals surface area contributed by atoms with E-state index in [9.17, 15) is 0 Å². The van der Waals surface area contributed by atoms with Gasteiger partial charge in [-0.3, -0.25) is 0 Å². The second kappa shape index (κ2) is 7.77. The molecule has 4 rings (SSSR count). The van der Waals surface area contributed by atoms with E-state index >= 15 is 0 Å². The highest BCUT2D eigenvalue weighted by molar-refractivity contribution is 6.30. The third-order valence-corrected chi connectivity index (χ3v) is 4.86. The fourth-order valence-electron chi connectivity index (χ4n) is 3.24. The summed E-state index contributed by atoms with van der Waals surface area (Å²) in [6.07, 6.45) is 0.928. The molecule has 7 nitrogen and oxygen atoms in total. The number of hydrogen-bond acceptors (Lipinski definition) is 7. The second-order valence-electron chi connectivity index (χ2n) is 6.34. The van der Waals surface area contributed by atoms with E-state index < -0.39 is 0 Å². The van der Waals surface area contributed by atoms with Gasteiger partial charge in [-0.15, -0.1) is 20.4 Å². The topological polar surface area (TPSA) is 67.3 Å². The molecule has 0 unspecified atom stereocenters. The van der Waals surface area contributed by atoms with Crippen molar-refractivity contribution < 1.29 is 4.74 Å². The normalized spacial score (nSPS) is 12.6. The Morgan fingerprint density at radius 1 is 0.857 bits per heavy atom. The van der Waals surface area contributed by atoms with Gasteiger partial charge in [-0.25, -0.2) is 0 Å². The molecule has 9 heteroatoms. The molecule has 3 heterocycles. The first-order valence-electron chi connectivity index (χ1n) is 8.85. The van der Waals surface area contributed by atoms with Gasteiger partial charge in [0.15, 0.2) is 21.9 Å². The van der Waals surface area contributed by atoms with E-state index in [-0.39, 0.29) is 0 Å². The third-order valence-electron chi connectivity index (χ3n) is 4.49. The van der Waals surface area contributed by atoms with Crippen molar-refractivity contribution in [1.82, 2.24) is 20.4 Å². The Hall–Kier alpha value is -2.64. The quantitative estimate of drug-likeness (QED) is 0.592. The summed E-state index contributed by atoms with van der Waals surface area (Å²) in [7, 11) is 1.65. The van der Waals surface area contributed by atoms with Crippen molar-refractivity contribution in [2.75, 3.05) is 23.5 Å². The number of nitrogens with zero attached hydrogens (tertiary/aromatic N) is 6. The number of anilines is 4. The van der Waals surface area contributed by atoms with Crippen molar-refractivity contribution >= 4 is 46.2 Å². The summed E-state index contributed by atoms with van der Waals surface area (Å²) in [5.41, 5.74) is 2.80. The van der Waals surface area contributed by atoms with Crippen LogP contribution >= 0.6 is 23.2 Å². The Balaban J connectivity index is 1.83. The molecule has 0 amide bonds. The van der Waals surface area contributed by atoms with Crippen LogP contribution in [-0.2, 0) is 6.54 Å². The molecule has 0 atom stereocenters. The number of fused-ring (bicyclic) bond motifs is 2. The van der Waals surface area contributed by atoms with Crippen molar-refractivity contribution in [3.63, 3.8) is 0 Å². The standard InChI is InChI=1S/C19H18Cl2N6O/c1-3-8-26-14-9-16(20)22-24-18(14)27(19-15(26)10-17(21)23-25-19)11-12-4-6-13(28-2)7-5-12/h4-7,9-10H,3,8,11H2,1-2H3. The Labute approximate surface area is 172 Å². The zero-order valence-corrected chi connectivity index (χ0v) is 16.9. The van der Waals surface area contributed by atoms with Crippen LogP contribution < -0.4 is 14.5 Å². The van der Waals surface area contributed by atoms with Gasteiger partial charge in [0.2, 0.25) is 0 Å². The van der Waals surface area contributed by atoms with Crippen molar-refractivity contribution in [3.8, 4) is 5.75 Å². The molecule has 3 aromatic rings. The average Bonchev–Trinajstić information content (AvgIpc) is 2.71. The summed E-state index contributed by atoms with van der Waals surface area (Å²) in [4.78, 5) is 4.08. The van der Waals surface area contributed by atoms with Gasteiger partial charge in [0.05, 0.1) is 25.0 Å². The maximum atomic E-state index is 6.16. The maximum absolute atomic E-state index is 6.16.